The number of benzene rings is 2. The van der Waals surface area contributed by atoms with E-state index in [0.29, 0.717) is 54.9 Å². The minimum absolute atomic E-state index is 0.330. The van der Waals surface area contributed by atoms with Crippen LogP contribution in [-0.2, 0) is 16.0 Å². The summed E-state index contributed by atoms with van der Waals surface area (Å²) in [7, 11) is 0. The predicted octanol–water partition coefficient (Wildman–Crippen LogP) is 4.17. The molecule has 0 aliphatic carbocycles. The molecule has 2 fully saturated rings. The highest BCUT2D eigenvalue weighted by atomic mass is 19.3. The molecule has 38 heavy (non-hydrogen) atoms. The van der Waals surface area contributed by atoms with E-state index < -0.39 is 6.43 Å². The van der Waals surface area contributed by atoms with Crippen LogP contribution < -0.4 is 10.2 Å². The van der Waals surface area contributed by atoms with E-state index in [1.807, 2.05) is 17.0 Å². The molecule has 4 heterocycles. The number of nitrogens with one attached hydrogen (secondary N) is 1. The number of anilines is 3. The zero-order chi connectivity index (χ0) is 25.9. The molecule has 4 aromatic rings. The van der Waals surface area contributed by atoms with Gasteiger partial charge in [0.1, 0.15) is 11.6 Å². The van der Waals surface area contributed by atoms with E-state index in [2.05, 4.69) is 27.3 Å². The molecule has 0 amide bonds. The summed E-state index contributed by atoms with van der Waals surface area (Å²) in [6.07, 6.45) is -2.76. The number of hydrogen-bond acceptors (Lipinski definition) is 8. The monoisotopic (exact) mass is 521 g/mol. The first-order valence-corrected chi connectivity index (χ1v) is 12.8. The molecule has 0 atom stereocenters. The molecular formula is C27H29F2N7O2. The Balaban J connectivity index is 1.34. The molecule has 2 saturated heterocycles. The molecule has 2 aromatic heterocycles. The van der Waals surface area contributed by atoms with Crippen molar-refractivity contribution in [3.05, 3.63) is 66.0 Å². The van der Waals surface area contributed by atoms with E-state index in [4.69, 9.17) is 19.4 Å². The van der Waals surface area contributed by atoms with Gasteiger partial charge >= 0.3 is 0 Å². The van der Waals surface area contributed by atoms with Crippen LogP contribution in [0.15, 0.2) is 54.6 Å². The lowest BCUT2D eigenvalue weighted by Gasteiger charge is -2.27. The maximum atomic E-state index is 14.1. The molecule has 11 heteroatoms. The third-order valence-corrected chi connectivity index (χ3v) is 6.74. The van der Waals surface area contributed by atoms with E-state index in [0.717, 1.165) is 38.5 Å². The van der Waals surface area contributed by atoms with E-state index in [1.54, 1.807) is 30.3 Å². The average Bonchev–Trinajstić information content (AvgIpc) is 3.35. The van der Waals surface area contributed by atoms with Crippen LogP contribution in [0.3, 0.4) is 0 Å². The lowest BCUT2D eigenvalue weighted by Crippen LogP contribution is -2.37. The molecule has 0 bridgehead atoms. The van der Waals surface area contributed by atoms with Crippen LogP contribution in [0.2, 0.25) is 0 Å². The maximum Gasteiger partial charge on any atom is 0.296 e. The topological polar surface area (TPSA) is 80.6 Å². The van der Waals surface area contributed by atoms with Crippen LogP contribution in [-0.4, -0.2) is 77.0 Å². The van der Waals surface area contributed by atoms with Crippen molar-refractivity contribution < 1.29 is 18.3 Å². The van der Waals surface area contributed by atoms with Crippen LogP contribution in [0.5, 0.6) is 0 Å². The number of alkyl halides is 2. The minimum atomic E-state index is -2.76. The Hall–Kier alpha value is -3.67. The van der Waals surface area contributed by atoms with E-state index >= 15 is 0 Å². The van der Waals surface area contributed by atoms with Crippen LogP contribution in [0.1, 0.15) is 17.8 Å². The summed E-state index contributed by atoms with van der Waals surface area (Å²) in [6.45, 7) is 6.59. The van der Waals surface area contributed by atoms with Gasteiger partial charge in [0, 0.05) is 44.5 Å². The van der Waals surface area contributed by atoms with Gasteiger partial charge in [-0.1, -0.05) is 24.3 Å². The summed E-state index contributed by atoms with van der Waals surface area (Å²) in [4.78, 5) is 18.0. The Morgan fingerprint density at radius 3 is 2.29 bits per heavy atom. The highest BCUT2D eigenvalue weighted by Crippen LogP contribution is 2.30. The van der Waals surface area contributed by atoms with Gasteiger partial charge in [0.15, 0.2) is 5.82 Å². The number of rotatable bonds is 7. The fourth-order valence-corrected chi connectivity index (χ4v) is 4.80. The number of imidazole rings is 1. The van der Waals surface area contributed by atoms with Gasteiger partial charge in [-0.05, 0) is 29.8 Å². The maximum absolute atomic E-state index is 14.1. The first kappa shape index (κ1) is 24.7. The van der Waals surface area contributed by atoms with Crippen LogP contribution in [0, 0.1) is 0 Å². The summed E-state index contributed by atoms with van der Waals surface area (Å²) in [5, 5.41) is 3.35. The number of aromatic nitrogens is 4. The number of halogens is 2. The lowest BCUT2D eigenvalue weighted by molar-refractivity contribution is 0.0342. The van der Waals surface area contributed by atoms with Gasteiger partial charge in [0.2, 0.25) is 5.95 Å². The zero-order valence-electron chi connectivity index (χ0n) is 20.9. The van der Waals surface area contributed by atoms with Crippen molar-refractivity contribution in [2.24, 2.45) is 0 Å². The summed E-state index contributed by atoms with van der Waals surface area (Å²) in [5.74, 6) is 0.943. The smallest absolute Gasteiger partial charge is 0.296 e. The average molecular weight is 522 g/mol. The normalized spacial score (nSPS) is 16.9. The molecule has 6 rings (SSSR count). The quantitative estimate of drug-likeness (QED) is 0.388. The number of nitrogens with zero attached hydrogens (tertiary/aromatic N) is 6. The molecule has 198 valence electrons. The highest BCUT2D eigenvalue weighted by Gasteiger charge is 2.23. The lowest BCUT2D eigenvalue weighted by atomic mass is 10.2. The van der Waals surface area contributed by atoms with Crippen molar-refractivity contribution in [1.29, 1.82) is 0 Å². The van der Waals surface area contributed by atoms with Crippen molar-refractivity contribution in [2.75, 3.05) is 62.8 Å². The van der Waals surface area contributed by atoms with Crippen molar-refractivity contribution in [2.45, 2.75) is 13.0 Å². The molecule has 2 aromatic carbocycles. The van der Waals surface area contributed by atoms with Crippen molar-refractivity contribution >= 4 is 28.5 Å². The van der Waals surface area contributed by atoms with E-state index in [1.165, 1.54) is 10.1 Å². The molecule has 1 N–H and O–H groups in total. The molecule has 2 aliphatic rings. The van der Waals surface area contributed by atoms with Crippen LogP contribution in [0.25, 0.3) is 16.9 Å². The van der Waals surface area contributed by atoms with Gasteiger partial charge in [-0.25, -0.2) is 13.8 Å². The molecule has 2 aliphatic heterocycles. The fraction of sp³-hybridized carbons (Fsp3) is 0.370. The second-order valence-electron chi connectivity index (χ2n) is 9.32. The molecule has 0 unspecified atom stereocenters. The summed E-state index contributed by atoms with van der Waals surface area (Å²) < 4.78 is 40.5. The Kier molecular flexibility index (Phi) is 7.12. The summed E-state index contributed by atoms with van der Waals surface area (Å²) in [5.41, 5.74) is 3.10. The minimum Gasteiger partial charge on any atom is -0.379 e. The van der Waals surface area contributed by atoms with Gasteiger partial charge in [-0.15, -0.1) is 0 Å². The molecular weight excluding hydrogens is 492 g/mol. The highest BCUT2D eigenvalue weighted by molar-refractivity contribution is 5.78. The van der Waals surface area contributed by atoms with Gasteiger partial charge in [-0.3, -0.25) is 9.47 Å². The second-order valence-corrected chi connectivity index (χ2v) is 9.32. The predicted molar refractivity (Wildman–Crippen MR) is 140 cm³/mol. The zero-order valence-corrected chi connectivity index (χ0v) is 20.9. The van der Waals surface area contributed by atoms with Gasteiger partial charge in [0.25, 0.3) is 6.43 Å². The van der Waals surface area contributed by atoms with Gasteiger partial charge in [-0.2, -0.15) is 9.97 Å². The summed E-state index contributed by atoms with van der Waals surface area (Å²) >= 11 is 0. The first-order chi connectivity index (χ1) is 18.6. The van der Waals surface area contributed by atoms with Crippen molar-refractivity contribution in [3.63, 3.8) is 0 Å². The number of para-hydroxylation sites is 2. The second kappa shape index (κ2) is 11.0. The largest absolute Gasteiger partial charge is 0.379 e. The summed E-state index contributed by atoms with van der Waals surface area (Å²) in [6, 6.07) is 16.9. The standard InChI is InChI=1S/C27H29F2N7O2/c28-25(29)26-31-21-3-1-2-4-22(21)36(26)24-17-23(32-27(33-24)35-11-15-38-16-12-35)30-20-7-5-19(6-8-20)18-34-9-13-37-14-10-34/h1-8,17,25H,9-16,18H2,(H,30,32,33). The van der Waals surface area contributed by atoms with Crippen molar-refractivity contribution in [1.82, 2.24) is 24.4 Å². The van der Waals surface area contributed by atoms with Gasteiger partial charge in [0.05, 0.1) is 37.5 Å². The van der Waals surface area contributed by atoms with Crippen LogP contribution >= 0.6 is 0 Å². The van der Waals surface area contributed by atoms with Crippen molar-refractivity contribution in [3.8, 4) is 5.82 Å². The third kappa shape index (κ3) is 5.31. The SMILES string of the molecule is FC(F)c1nc2ccccc2n1-c1cc(Nc2ccc(CN3CCOCC3)cc2)nc(N2CCOCC2)n1. The Morgan fingerprint density at radius 2 is 1.55 bits per heavy atom. The molecule has 0 spiro atoms. The van der Waals surface area contributed by atoms with Crippen LogP contribution in [0.4, 0.5) is 26.2 Å². The Bertz CT molecular complexity index is 1380. The number of fused-ring (bicyclic) bond motifs is 1. The Labute approximate surface area is 219 Å². The van der Waals surface area contributed by atoms with E-state index in [-0.39, 0.29) is 5.82 Å². The Morgan fingerprint density at radius 1 is 0.842 bits per heavy atom. The molecule has 0 radical (unpaired) electrons. The fourth-order valence-electron chi connectivity index (χ4n) is 4.80. The third-order valence-electron chi connectivity index (χ3n) is 6.74. The number of hydrogen-bond donors (Lipinski definition) is 1. The molecule has 0 saturated carbocycles. The van der Waals surface area contributed by atoms with E-state index in [9.17, 15) is 8.78 Å². The first-order valence-electron chi connectivity index (χ1n) is 12.8. The number of ether oxygens (including phenoxy) is 2. The number of morpholine rings is 2. The molecule has 9 nitrogen and oxygen atoms in total. The van der Waals surface area contributed by atoms with Gasteiger partial charge < -0.3 is 19.7 Å².